The number of nitrogens with one attached hydrogen (secondary N) is 1. The van der Waals surface area contributed by atoms with Gasteiger partial charge in [-0.05, 0) is 55.8 Å². The summed E-state index contributed by atoms with van der Waals surface area (Å²) in [5.74, 6) is 0.395. The van der Waals surface area contributed by atoms with E-state index in [0.717, 1.165) is 37.2 Å². The van der Waals surface area contributed by atoms with E-state index in [9.17, 15) is 9.59 Å². The van der Waals surface area contributed by atoms with Crippen molar-refractivity contribution in [2.45, 2.75) is 18.9 Å². The summed E-state index contributed by atoms with van der Waals surface area (Å²) < 4.78 is 6.64. The molecule has 1 aromatic carbocycles. The summed E-state index contributed by atoms with van der Waals surface area (Å²) >= 11 is 0. The third kappa shape index (κ3) is 4.00. The van der Waals surface area contributed by atoms with Gasteiger partial charge in [-0.2, -0.15) is 0 Å². The fraction of sp³-hybridized carbons (Fsp3) is 0.318. The SMILES string of the molecule is COc1ccc(C(CNC(=O)c2cnc3ccccn3c2=O)N2CCCC2)cc1. The molecule has 3 heterocycles. The van der Waals surface area contributed by atoms with E-state index < -0.39 is 5.91 Å². The number of fused-ring (bicyclic) bond motifs is 1. The number of benzene rings is 1. The second-order valence-corrected chi connectivity index (χ2v) is 7.15. The number of likely N-dealkylation sites (tertiary alicyclic amines) is 1. The van der Waals surface area contributed by atoms with Crippen molar-refractivity contribution in [3.8, 4) is 5.75 Å². The first kappa shape index (κ1) is 19.1. The predicted octanol–water partition coefficient (Wildman–Crippen LogP) is 2.27. The average molecular weight is 392 g/mol. The molecule has 3 aromatic rings. The Morgan fingerprint density at radius 1 is 1.17 bits per heavy atom. The van der Waals surface area contributed by atoms with Gasteiger partial charge in [0, 0.05) is 18.9 Å². The maximum atomic E-state index is 12.8. The number of hydrogen-bond acceptors (Lipinski definition) is 5. The van der Waals surface area contributed by atoms with Gasteiger partial charge < -0.3 is 10.1 Å². The van der Waals surface area contributed by atoms with Crippen molar-refractivity contribution in [1.29, 1.82) is 0 Å². The number of aromatic nitrogens is 2. The third-order valence-electron chi connectivity index (χ3n) is 5.40. The minimum atomic E-state index is -0.404. The molecule has 1 saturated heterocycles. The van der Waals surface area contributed by atoms with Crippen LogP contribution in [0, 0.1) is 0 Å². The smallest absolute Gasteiger partial charge is 0.270 e. The number of methoxy groups -OCH3 is 1. The van der Waals surface area contributed by atoms with Crippen molar-refractivity contribution in [2.24, 2.45) is 0 Å². The van der Waals surface area contributed by atoms with Crippen molar-refractivity contribution < 1.29 is 9.53 Å². The number of amides is 1. The van der Waals surface area contributed by atoms with Crippen molar-refractivity contribution in [1.82, 2.24) is 19.6 Å². The van der Waals surface area contributed by atoms with E-state index in [-0.39, 0.29) is 17.2 Å². The van der Waals surface area contributed by atoms with Gasteiger partial charge in [-0.25, -0.2) is 4.98 Å². The highest BCUT2D eigenvalue weighted by molar-refractivity contribution is 5.93. The highest BCUT2D eigenvalue weighted by atomic mass is 16.5. The van der Waals surface area contributed by atoms with Crippen LogP contribution in [0.4, 0.5) is 0 Å². The summed E-state index contributed by atoms with van der Waals surface area (Å²) in [7, 11) is 1.64. The molecule has 1 fully saturated rings. The molecule has 0 bridgehead atoms. The molecule has 2 aromatic heterocycles. The van der Waals surface area contributed by atoms with E-state index in [1.54, 1.807) is 31.5 Å². The molecule has 0 spiro atoms. The number of carbonyl (C=O) groups is 1. The summed E-state index contributed by atoms with van der Waals surface area (Å²) in [6.07, 6.45) is 5.27. The Balaban J connectivity index is 1.54. The summed E-state index contributed by atoms with van der Waals surface area (Å²) in [4.78, 5) is 32.0. The summed E-state index contributed by atoms with van der Waals surface area (Å²) in [5.41, 5.74) is 1.31. The van der Waals surface area contributed by atoms with Crippen LogP contribution in [0.2, 0.25) is 0 Å². The number of carbonyl (C=O) groups excluding carboxylic acids is 1. The first-order valence-electron chi connectivity index (χ1n) is 9.80. The summed E-state index contributed by atoms with van der Waals surface area (Å²) in [6, 6.07) is 13.2. The Bertz CT molecular complexity index is 1060. The van der Waals surface area contributed by atoms with Crippen LogP contribution >= 0.6 is 0 Å². The Labute approximate surface area is 168 Å². The minimum Gasteiger partial charge on any atom is -0.497 e. The van der Waals surface area contributed by atoms with Crippen LogP contribution in [0.5, 0.6) is 5.75 Å². The van der Waals surface area contributed by atoms with Crippen molar-refractivity contribution in [3.05, 3.63) is 76.3 Å². The lowest BCUT2D eigenvalue weighted by Gasteiger charge is -2.28. The average Bonchev–Trinajstić information content (AvgIpc) is 3.29. The van der Waals surface area contributed by atoms with Crippen LogP contribution in [0.3, 0.4) is 0 Å². The number of hydrogen-bond donors (Lipinski definition) is 1. The first-order valence-corrected chi connectivity index (χ1v) is 9.80. The lowest BCUT2D eigenvalue weighted by atomic mass is 10.0. The number of nitrogens with zero attached hydrogens (tertiary/aromatic N) is 3. The number of rotatable bonds is 6. The Kier molecular flexibility index (Phi) is 5.57. The number of pyridine rings is 1. The molecule has 4 rings (SSSR count). The third-order valence-corrected chi connectivity index (χ3v) is 5.40. The molecule has 1 amide bonds. The largest absolute Gasteiger partial charge is 0.497 e. The van der Waals surface area contributed by atoms with Gasteiger partial charge in [0.15, 0.2) is 0 Å². The van der Waals surface area contributed by atoms with Crippen molar-refractivity contribution in [3.63, 3.8) is 0 Å². The zero-order chi connectivity index (χ0) is 20.2. The molecule has 150 valence electrons. The molecule has 0 radical (unpaired) electrons. The van der Waals surface area contributed by atoms with E-state index in [4.69, 9.17) is 4.74 Å². The van der Waals surface area contributed by atoms with Gasteiger partial charge in [-0.1, -0.05) is 18.2 Å². The monoisotopic (exact) mass is 392 g/mol. The van der Waals surface area contributed by atoms with Crippen molar-refractivity contribution in [2.75, 3.05) is 26.7 Å². The van der Waals surface area contributed by atoms with Gasteiger partial charge in [0.2, 0.25) is 0 Å². The fourth-order valence-electron chi connectivity index (χ4n) is 3.80. The summed E-state index contributed by atoms with van der Waals surface area (Å²) in [6.45, 7) is 2.40. The normalized spacial score (nSPS) is 15.3. The van der Waals surface area contributed by atoms with Gasteiger partial charge in [-0.3, -0.25) is 18.9 Å². The minimum absolute atomic E-state index is 0.0449. The van der Waals surface area contributed by atoms with Crippen molar-refractivity contribution >= 4 is 11.6 Å². The molecule has 29 heavy (non-hydrogen) atoms. The lowest BCUT2D eigenvalue weighted by molar-refractivity contribution is 0.0936. The topological polar surface area (TPSA) is 75.9 Å². The molecule has 1 atom stereocenters. The molecule has 1 aliphatic heterocycles. The second kappa shape index (κ2) is 8.45. The van der Waals surface area contributed by atoms with E-state index in [1.807, 2.05) is 24.3 Å². The van der Waals surface area contributed by atoms with Crippen LogP contribution in [0.15, 0.2) is 59.7 Å². The van der Waals surface area contributed by atoms with Crippen LogP contribution in [0.1, 0.15) is 34.8 Å². The molecule has 0 aliphatic carbocycles. The standard InChI is InChI=1S/C22H24N4O3/c1-29-17-9-7-16(8-10-17)19(25-11-4-5-12-25)15-24-21(27)18-14-23-20-6-2-3-13-26(20)22(18)28/h2-3,6-10,13-14,19H,4-5,11-12,15H2,1H3,(H,24,27). The molecular weight excluding hydrogens is 368 g/mol. The van der Waals surface area contributed by atoms with Gasteiger partial charge in [0.1, 0.15) is 17.0 Å². The molecule has 7 heteroatoms. The fourth-order valence-corrected chi connectivity index (χ4v) is 3.80. The van der Waals surface area contributed by atoms with Gasteiger partial charge in [0.05, 0.1) is 13.2 Å². The van der Waals surface area contributed by atoms with E-state index in [1.165, 1.54) is 10.6 Å². The second-order valence-electron chi connectivity index (χ2n) is 7.15. The van der Waals surface area contributed by atoms with Gasteiger partial charge in [0.25, 0.3) is 11.5 Å². The number of ether oxygens (including phenoxy) is 1. The zero-order valence-corrected chi connectivity index (χ0v) is 16.4. The highest BCUT2D eigenvalue weighted by Gasteiger charge is 2.24. The highest BCUT2D eigenvalue weighted by Crippen LogP contribution is 2.26. The summed E-state index contributed by atoms with van der Waals surface area (Å²) in [5, 5.41) is 2.94. The van der Waals surface area contributed by atoms with Gasteiger partial charge in [-0.15, -0.1) is 0 Å². The maximum absolute atomic E-state index is 12.8. The molecule has 1 unspecified atom stereocenters. The lowest BCUT2D eigenvalue weighted by Crippen LogP contribution is -2.38. The van der Waals surface area contributed by atoms with Crippen LogP contribution in [-0.4, -0.2) is 46.9 Å². The van der Waals surface area contributed by atoms with Crippen LogP contribution in [-0.2, 0) is 0 Å². The van der Waals surface area contributed by atoms with Gasteiger partial charge >= 0.3 is 0 Å². The molecule has 1 N–H and O–H groups in total. The van der Waals surface area contributed by atoms with E-state index >= 15 is 0 Å². The van der Waals surface area contributed by atoms with Crippen LogP contribution in [0.25, 0.3) is 5.65 Å². The quantitative estimate of drug-likeness (QED) is 0.697. The zero-order valence-electron chi connectivity index (χ0n) is 16.4. The molecule has 7 nitrogen and oxygen atoms in total. The Hall–Kier alpha value is -3.19. The molecular formula is C22H24N4O3. The Morgan fingerprint density at radius 3 is 2.66 bits per heavy atom. The van der Waals surface area contributed by atoms with E-state index in [2.05, 4.69) is 15.2 Å². The van der Waals surface area contributed by atoms with Crippen LogP contribution < -0.4 is 15.6 Å². The Morgan fingerprint density at radius 2 is 1.93 bits per heavy atom. The molecule has 0 saturated carbocycles. The maximum Gasteiger partial charge on any atom is 0.270 e. The predicted molar refractivity (Wildman–Crippen MR) is 110 cm³/mol. The molecule has 1 aliphatic rings. The van der Waals surface area contributed by atoms with E-state index in [0.29, 0.717) is 12.2 Å². The first-order chi connectivity index (χ1) is 14.2.